The van der Waals surface area contributed by atoms with Crippen LogP contribution >= 0.6 is 0 Å². The van der Waals surface area contributed by atoms with Crippen LogP contribution in [0.1, 0.15) is 13.3 Å². The van der Waals surface area contributed by atoms with Crippen LogP contribution in [0.15, 0.2) is 36.5 Å². The van der Waals surface area contributed by atoms with Crippen molar-refractivity contribution >= 4 is 16.8 Å². The minimum atomic E-state index is -0.107. The molecule has 0 aliphatic rings. The first kappa shape index (κ1) is 12.4. The van der Waals surface area contributed by atoms with Crippen molar-refractivity contribution in [2.45, 2.75) is 13.3 Å². The number of aromatic nitrogens is 1. The van der Waals surface area contributed by atoms with Crippen molar-refractivity contribution in [2.24, 2.45) is 0 Å². The van der Waals surface area contributed by atoms with Crippen molar-refractivity contribution < 1.29 is 9.53 Å². The standard InChI is InChI=1S/C14H16N2O2/c1-2-8-15-13(17)10-18-12-7-3-5-11-6-4-9-16-14(11)12/h3-7,9H,2,8,10H2,1H3,(H,15,17). The monoisotopic (exact) mass is 244 g/mol. The van der Waals surface area contributed by atoms with E-state index in [0.717, 1.165) is 17.3 Å². The molecule has 1 N–H and O–H groups in total. The van der Waals surface area contributed by atoms with Crippen molar-refractivity contribution in [1.82, 2.24) is 10.3 Å². The van der Waals surface area contributed by atoms with Crippen LogP contribution in [0.4, 0.5) is 0 Å². The lowest BCUT2D eigenvalue weighted by Crippen LogP contribution is -2.29. The van der Waals surface area contributed by atoms with Gasteiger partial charge in [-0.3, -0.25) is 9.78 Å². The van der Waals surface area contributed by atoms with Gasteiger partial charge in [0.15, 0.2) is 6.61 Å². The number of ether oxygens (including phenoxy) is 1. The van der Waals surface area contributed by atoms with Gasteiger partial charge in [0, 0.05) is 18.1 Å². The van der Waals surface area contributed by atoms with Crippen molar-refractivity contribution in [2.75, 3.05) is 13.2 Å². The molecular weight excluding hydrogens is 228 g/mol. The summed E-state index contributed by atoms with van der Waals surface area (Å²) in [4.78, 5) is 15.7. The molecule has 2 rings (SSSR count). The van der Waals surface area contributed by atoms with Gasteiger partial charge in [-0.25, -0.2) is 0 Å². The van der Waals surface area contributed by atoms with Crippen molar-refractivity contribution in [3.63, 3.8) is 0 Å². The summed E-state index contributed by atoms with van der Waals surface area (Å²) in [5.41, 5.74) is 0.781. The van der Waals surface area contributed by atoms with E-state index in [1.807, 2.05) is 37.3 Å². The molecule has 0 spiro atoms. The van der Waals surface area contributed by atoms with E-state index in [1.165, 1.54) is 0 Å². The van der Waals surface area contributed by atoms with E-state index in [9.17, 15) is 4.79 Å². The quantitative estimate of drug-likeness (QED) is 0.876. The van der Waals surface area contributed by atoms with Crippen LogP contribution in [-0.2, 0) is 4.79 Å². The molecule has 0 saturated heterocycles. The summed E-state index contributed by atoms with van der Waals surface area (Å²) in [7, 11) is 0. The van der Waals surface area contributed by atoms with Gasteiger partial charge in [0.25, 0.3) is 5.91 Å². The number of carbonyl (C=O) groups excluding carboxylic acids is 1. The Morgan fingerprint density at radius 2 is 2.17 bits per heavy atom. The molecule has 0 aliphatic carbocycles. The zero-order valence-corrected chi connectivity index (χ0v) is 10.3. The topological polar surface area (TPSA) is 51.2 Å². The van der Waals surface area contributed by atoms with E-state index >= 15 is 0 Å². The summed E-state index contributed by atoms with van der Waals surface area (Å²) in [6.45, 7) is 2.71. The Labute approximate surface area is 106 Å². The Kier molecular flexibility index (Phi) is 4.12. The third-order valence-electron chi connectivity index (χ3n) is 2.53. The highest BCUT2D eigenvalue weighted by molar-refractivity contribution is 5.85. The van der Waals surface area contributed by atoms with Gasteiger partial charge < -0.3 is 10.1 Å². The van der Waals surface area contributed by atoms with Gasteiger partial charge in [-0.1, -0.05) is 25.1 Å². The van der Waals surface area contributed by atoms with E-state index in [-0.39, 0.29) is 12.5 Å². The predicted molar refractivity (Wildman–Crippen MR) is 70.5 cm³/mol. The number of benzene rings is 1. The highest BCUT2D eigenvalue weighted by Gasteiger charge is 2.05. The SMILES string of the molecule is CCCNC(=O)COc1cccc2cccnc12. The largest absolute Gasteiger partial charge is 0.481 e. The van der Waals surface area contributed by atoms with Crippen LogP contribution in [0.2, 0.25) is 0 Å². The maximum atomic E-state index is 11.5. The molecule has 0 fully saturated rings. The van der Waals surface area contributed by atoms with Gasteiger partial charge in [0.2, 0.25) is 0 Å². The molecule has 0 saturated carbocycles. The van der Waals surface area contributed by atoms with Gasteiger partial charge in [-0.2, -0.15) is 0 Å². The fraction of sp³-hybridized carbons (Fsp3) is 0.286. The Balaban J connectivity index is 2.05. The third kappa shape index (κ3) is 2.97. The average molecular weight is 244 g/mol. The number of pyridine rings is 1. The number of rotatable bonds is 5. The van der Waals surface area contributed by atoms with Crippen molar-refractivity contribution in [3.8, 4) is 5.75 Å². The predicted octanol–water partition coefficient (Wildman–Crippen LogP) is 2.14. The molecule has 0 atom stereocenters. The summed E-state index contributed by atoms with van der Waals surface area (Å²) >= 11 is 0. The lowest BCUT2D eigenvalue weighted by molar-refractivity contribution is -0.123. The van der Waals surface area contributed by atoms with Crippen LogP contribution in [0.5, 0.6) is 5.75 Å². The fourth-order valence-corrected chi connectivity index (χ4v) is 1.65. The van der Waals surface area contributed by atoms with Gasteiger partial charge >= 0.3 is 0 Å². The van der Waals surface area contributed by atoms with Crippen LogP contribution in [0.25, 0.3) is 10.9 Å². The van der Waals surface area contributed by atoms with Crippen LogP contribution in [-0.4, -0.2) is 24.0 Å². The van der Waals surface area contributed by atoms with Crippen molar-refractivity contribution in [3.05, 3.63) is 36.5 Å². The van der Waals surface area contributed by atoms with Gasteiger partial charge in [-0.05, 0) is 18.6 Å². The second kappa shape index (κ2) is 6.00. The Hall–Kier alpha value is -2.10. The van der Waals surface area contributed by atoms with Gasteiger partial charge in [-0.15, -0.1) is 0 Å². The molecule has 0 bridgehead atoms. The van der Waals surface area contributed by atoms with E-state index < -0.39 is 0 Å². The first-order valence-corrected chi connectivity index (χ1v) is 6.04. The molecular formula is C14H16N2O2. The average Bonchev–Trinajstić information content (AvgIpc) is 2.42. The molecule has 1 aromatic heterocycles. The fourth-order valence-electron chi connectivity index (χ4n) is 1.65. The Bertz CT molecular complexity index is 535. The molecule has 0 unspecified atom stereocenters. The first-order valence-electron chi connectivity index (χ1n) is 6.04. The lowest BCUT2D eigenvalue weighted by atomic mass is 10.2. The van der Waals surface area contributed by atoms with Gasteiger partial charge in [0.05, 0.1) is 0 Å². The number of nitrogens with zero attached hydrogens (tertiary/aromatic N) is 1. The molecule has 94 valence electrons. The molecule has 18 heavy (non-hydrogen) atoms. The molecule has 2 aromatic rings. The van der Waals surface area contributed by atoms with E-state index in [0.29, 0.717) is 12.3 Å². The van der Waals surface area contributed by atoms with Gasteiger partial charge in [0.1, 0.15) is 11.3 Å². The van der Waals surface area contributed by atoms with E-state index in [4.69, 9.17) is 4.74 Å². The highest BCUT2D eigenvalue weighted by Crippen LogP contribution is 2.22. The zero-order valence-electron chi connectivity index (χ0n) is 10.3. The first-order chi connectivity index (χ1) is 8.81. The van der Waals surface area contributed by atoms with Crippen LogP contribution < -0.4 is 10.1 Å². The second-order valence-electron chi connectivity index (χ2n) is 3.97. The second-order valence-corrected chi connectivity index (χ2v) is 3.97. The number of amides is 1. The maximum absolute atomic E-state index is 11.5. The maximum Gasteiger partial charge on any atom is 0.257 e. The van der Waals surface area contributed by atoms with Crippen molar-refractivity contribution in [1.29, 1.82) is 0 Å². The number of hydrogen-bond acceptors (Lipinski definition) is 3. The van der Waals surface area contributed by atoms with E-state index in [1.54, 1.807) is 6.20 Å². The molecule has 1 amide bonds. The third-order valence-corrected chi connectivity index (χ3v) is 2.53. The number of fused-ring (bicyclic) bond motifs is 1. The normalized spacial score (nSPS) is 10.3. The molecule has 1 heterocycles. The number of hydrogen-bond donors (Lipinski definition) is 1. The summed E-state index contributed by atoms with van der Waals surface area (Å²) in [5.74, 6) is 0.532. The minimum absolute atomic E-state index is 0.0235. The molecule has 0 radical (unpaired) electrons. The summed E-state index contributed by atoms with van der Waals surface area (Å²) in [5, 5.41) is 3.77. The summed E-state index contributed by atoms with van der Waals surface area (Å²) < 4.78 is 5.50. The molecule has 1 aromatic carbocycles. The Morgan fingerprint density at radius 1 is 1.33 bits per heavy atom. The number of carbonyl (C=O) groups is 1. The lowest BCUT2D eigenvalue weighted by Gasteiger charge is -2.08. The number of para-hydroxylation sites is 1. The number of nitrogens with one attached hydrogen (secondary N) is 1. The minimum Gasteiger partial charge on any atom is -0.481 e. The van der Waals surface area contributed by atoms with E-state index in [2.05, 4.69) is 10.3 Å². The summed E-state index contributed by atoms with van der Waals surface area (Å²) in [6, 6.07) is 9.52. The van der Waals surface area contributed by atoms with Crippen LogP contribution in [0, 0.1) is 0 Å². The Morgan fingerprint density at radius 3 is 3.00 bits per heavy atom. The summed E-state index contributed by atoms with van der Waals surface area (Å²) in [6.07, 6.45) is 2.63. The smallest absolute Gasteiger partial charge is 0.257 e. The molecule has 4 nitrogen and oxygen atoms in total. The molecule has 0 aliphatic heterocycles. The van der Waals surface area contributed by atoms with Crippen LogP contribution in [0.3, 0.4) is 0 Å². The zero-order chi connectivity index (χ0) is 12.8. The molecule has 4 heteroatoms. The highest BCUT2D eigenvalue weighted by atomic mass is 16.5.